The molecule has 39 heavy (non-hydrogen) atoms. The number of fused-ring (bicyclic) bond motifs is 1. The minimum atomic E-state index is -0.445. The largest absolute Gasteiger partial charge is 0.465 e. The van der Waals surface area contributed by atoms with Crippen LogP contribution in [0, 0.1) is 20.8 Å². The van der Waals surface area contributed by atoms with Crippen LogP contribution in [0.25, 0.3) is 5.00 Å². The average molecular weight is 560 g/mol. The number of ether oxygens (including phenoxy) is 1. The number of methoxy groups -OCH3 is 1. The number of aryl methyl sites for hydroxylation is 3. The first kappa shape index (κ1) is 26.9. The highest BCUT2D eigenvalue weighted by molar-refractivity contribution is 7.15. The minimum absolute atomic E-state index is 0.0811. The summed E-state index contributed by atoms with van der Waals surface area (Å²) in [6.07, 6.45) is 5.87. The number of carbonyl (C=O) groups is 2. The number of thiophene rings is 1. The summed E-state index contributed by atoms with van der Waals surface area (Å²) in [5.41, 5.74) is 7.60. The Labute approximate surface area is 237 Å². The number of rotatable bonds is 6. The van der Waals surface area contributed by atoms with Crippen molar-refractivity contribution in [2.75, 3.05) is 12.4 Å². The van der Waals surface area contributed by atoms with E-state index in [4.69, 9.17) is 16.3 Å². The van der Waals surface area contributed by atoms with Crippen LogP contribution in [0.3, 0.4) is 0 Å². The Morgan fingerprint density at radius 3 is 2.54 bits per heavy atom. The molecule has 8 heteroatoms. The molecular formula is C31H30ClN3O3S. The molecule has 4 aromatic rings. The van der Waals surface area contributed by atoms with Crippen molar-refractivity contribution >= 4 is 52.4 Å². The molecule has 0 radical (unpaired) electrons. The van der Waals surface area contributed by atoms with Crippen LogP contribution in [0.4, 0.5) is 11.4 Å². The number of nitrogens with one attached hydrogen (secondary N) is 1. The van der Waals surface area contributed by atoms with Crippen LogP contribution in [-0.2, 0) is 17.6 Å². The molecule has 0 bridgehead atoms. The fraction of sp³-hybridized carbons (Fsp3) is 0.258. The Balaban J connectivity index is 1.53. The number of amides is 1. The highest BCUT2D eigenvalue weighted by Gasteiger charge is 2.28. The van der Waals surface area contributed by atoms with E-state index in [0.717, 1.165) is 64.4 Å². The minimum Gasteiger partial charge on any atom is -0.465 e. The lowest BCUT2D eigenvalue weighted by Gasteiger charge is -2.14. The molecule has 0 unspecified atom stereocenters. The number of carbonyl (C=O) groups excluding carboxylic acids is 2. The summed E-state index contributed by atoms with van der Waals surface area (Å²) in [7, 11) is 1.34. The van der Waals surface area contributed by atoms with Crippen molar-refractivity contribution in [1.82, 2.24) is 4.57 Å². The van der Waals surface area contributed by atoms with Gasteiger partial charge in [0, 0.05) is 33.7 Å². The molecule has 0 spiro atoms. The van der Waals surface area contributed by atoms with Crippen LogP contribution in [0.2, 0.25) is 5.02 Å². The zero-order valence-corrected chi connectivity index (χ0v) is 24.0. The Bertz CT molecular complexity index is 1600. The monoisotopic (exact) mass is 559 g/mol. The summed E-state index contributed by atoms with van der Waals surface area (Å²) in [6.45, 7) is 6.10. The van der Waals surface area contributed by atoms with Gasteiger partial charge in [-0.25, -0.2) is 4.79 Å². The first-order chi connectivity index (χ1) is 18.8. The maximum absolute atomic E-state index is 13.7. The molecule has 5 rings (SSSR count). The molecule has 1 aliphatic carbocycles. The summed E-state index contributed by atoms with van der Waals surface area (Å²) in [5.74, 6) is -0.526. The van der Waals surface area contributed by atoms with Gasteiger partial charge in [-0.05, 0) is 88.4 Å². The van der Waals surface area contributed by atoms with Gasteiger partial charge in [0.05, 0.1) is 28.9 Å². The van der Waals surface area contributed by atoms with Crippen molar-refractivity contribution in [3.63, 3.8) is 0 Å². The van der Waals surface area contributed by atoms with Gasteiger partial charge in [0.1, 0.15) is 5.00 Å². The smallest absolute Gasteiger partial charge is 0.337 e. The molecule has 2 aromatic heterocycles. The summed E-state index contributed by atoms with van der Waals surface area (Å²) >= 11 is 8.07. The Morgan fingerprint density at radius 1 is 1.05 bits per heavy atom. The van der Waals surface area contributed by atoms with E-state index in [1.807, 2.05) is 45.0 Å². The number of aliphatic imine (C=N–C) groups is 1. The quantitative estimate of drug-likeness (QED) is 0.193. The first-order valence-electron chi connectivity index (χ1n) is 12.9. The second kappa shape index (κ2) is 11.2. The van der Waals surface area contributed by atoms with Crippen LogP contribution in [0.5, 0.6) is 0 Å². The molecule has 2 aromatic carbocycles. The predicted molar refractivity (Wildman–Crippen MR) is 159 cm³/mol. The van der Waals surface area contributed by atoms with Gasteiger partial charge in [-0.2, -0.15) is 0 Å². The van der Waals surface area contributed by atoms with Crippen molar-refractivity contribution in [2.24, 2.45) is 4.99 Å². The summed E-state index contributed by atoms with van der Waals surface area (Å²) in [6, 6.07) is 14.8. The van der Waals surface area contributed by atoms with Gasteiger partial charge >= 0.3 is 5.97 Å². The second-order valence-electron chi connectivity index (χ2n) is 9.79. The topological polar surface area (TPSA) is 72.7 Å². The van der Waals surface area contributed by atoms with Crippen LogP contribution in [0.15, 0.2) is 53.5 Å². The molecule has 1 aliphatic rings. The number of anilines is 1. The predicted octanol–water partition coefficient (Wildman–Crippen LogP) is 7.79. The van der Waals surface area contributed by atoms with Crippen molar-refractivity contribution in [1.29, 1.82) is 0 Å². The molecule has 0 saturated heterocycles. The van der Waals surface area contributed by atoms with E-state index in [1.54, 1.807) is 35.8 Å². The number of halogens is 1. The van der Waals surface area contributed by atoms with Gasteiger partial charge in [0.15, 0.2) is 0 Å². The molecule has 0 saturated carbocycles. The lowest BCUT2D eigenvalue weighted by atomic mass is 9.95. The van der Waals surface area contributed by atoms with E-state index in [1.165, 1.54) is 17.6 Å². The molecule has 0 fully saturated rings. The van der Waals surface area contributed by atoms with Gasteiger partial charge < -0.3 is 14.6 Å². The number of hydrogen-bond acceptors (Lipinski definition) is 5. The zero-order valence-electron chi connectivity index (χ0n) is 22.4. The van der Waals surface area contributed by atoms with Gasteiger partial charge in [-0.1, -0.05) is 29.3 Å². The standard InChI is InChI=1S/C31H30ClN3O3S/c1-18-9-12-23(13-10-18)34-29(36)28-24-7-5-6-8-27(24)39-30(28)35-19(2)15-22(20(35)3)17-33-26-16-21(31(37)38-4)11-14-25(26)32/h9-17H,5-8H2,1-4H3,(H,34,36). The first-order valence-corrected chi connectivity index (χ1v) is 14.1. The molecule has 1 amide bonds. The summed E-state index contributed by atoms with van der Waals surface area (Å²) in [5, 5.41) is 4.50. The van der Waals surface area contributed by atoms with Gasteiger partial charge in [0.25, 0.3) is 5.91 Å². The third-order valence-electron chi connectivity index (χ3n) is 7.07. The summed E-state index contributed by atoms with van der Waals surface area (Å²) < 4.78 is 6.97. The fourth-order valence-electron chi connectivity index (χ4n) is 5.00. The molecule has 200 valence electrons. The molecule has 2 heterocycles. The lowest BCUT2D eigenvalue weighted by Crippen LogP contribution is -2.17. The highest BCUT2D eigenvalue weighted by Crippen LogP contribution is 2.39. The van der Waals surface area contributed by atoms with E-state index in [2.05, 4.69) is 20.9 Å². The highest BCUT2D eigenvalue weighted by atomic mass is 35.5. The molecule has 1 N–H and O–H groups in total. The number of aromatic nitrogens is 1. The van der Waals surface area contributed by atoms with E-state index in [-0.39, 0.29) is 5.91 Å². The van der Waals surface area contributed by atoms with E-state index < -0.39 is 5.97 Å². The fourth-order valence-corrected chi connectivity index (χ4v) is 6.66. The second-order valence-corrected chi connectivity index (χ2v) is 11.3. The van der Waals surface area contributed by atoms with Crippen LogP contribution < -0.4 is 5.32 Å². The molecule has 0 aliphatic heterocycles. The van der Waals surface area contributed by atoms with Crippen molar-refractivity contribution in [2.45, 2.75) is 46.5 Å². The molecule has 0 atom stereocenters. The SMILES string of the molecule is COC(=O)c1ccc(Cl)c(N=Cc2cc(C)n(-c3sc4c(c3C(=O)Nc3ccc(C)cc3)CCCC4)c2C)c1. The van der Waals surface area contributed by atoms with E-state index >= 15 is 0 Å². The van der Waals surface area contributed by atoms with Crippen molar-refractivity contribution < 1.29 is 14.3 Å². The van der Waals surface area contributed by atoms with Gasteiger partial charge in [-0.15, -0.1) is 11.3 Å². The Morgan fingerprint density at radius 2 is 1.79 bits per heavy atom. The lowest BCUT2D eigenvalue weighted by molar-refractivity contribution is 0.0600. The number of esters is 1. The maximum atomic E-state index is 13.7. The van der Waals surface area contributed by atoms with Crippen molar-refractivity contribution in [3.05, 3.63) is 97.6 Å². The summed E-state index contributed by atoms with van der Waals surface area (Å²) in [4.78, 5) is 31.6. The normalized spacial score (nSPS) is 12.9. The van der Waals surface area contributed by atoms with Crippen LogP contribution in [-0.4, -0.2) is 29.8 Å². The van der Waals surface area contributed by atoms with Crippen LogP contribution in [0.1, 0.15) is 66.5 Å². The zero-order chi connectivity index (χ0) is 27.7. The average Bonchev–Trinajstić information content (AvgIpc) is 3.44. The molecule has 6 nitrogen and oxygen atoms in total. The van der Waals surface area contributed by atoms with Gasteiger partial charge in [-0.3, -0.25) is 9.79 Å². The maximum Gasteiger partial charge on any atom is 0.337 e. The van der Waals surface area contributed by atoms with E-state index in [0.29, 0.717) is 16.3 Å². The molecular weight excluding hydrogens is 530 g/mol. The van der Waals surface area contributed by atoms with Crippen LogP contribution >= 0.6 is 22.9 Å². The Kier molecular flexibility index (Phi) is 7.73. The van der Waals surface area contributed by atoms with E-state index in [9.17, 15) is 9.59 Å². The third kappa shape index (κ3) is 5.42. The van der Waals surface area contributed by atoms with Gasteiger partial charge in [0.2, 0.25) is 0 Å². The Hall–Kier alpha value is -3.68. The number of benzene rings is 2. The van der Waals surface area contributed by atoms with Crippen molar-refractivity contribution in [3.8, 4) is 5.00 Å². The third-order valence-corrected chi connectivity index (χ3v) is 8.67. The number of nitrogens with zero attached hydrogens (tertiary/aromatic N) is 2. The number of hydrogen-bond donors (Lipinski definition) is 1.